The van der Waals surface area contributed by atoms with Crippen LogP contribution in [0.1, 0.15) is 47.7 Å². The molecular formula is C16H19N3OS. The number of amides is 1. The van der Waals surface area contributed by atoms with Gasteiger partial charge in [0.2, 0.25) is 0 Å². The molecule has 1 aromatic carbocycles. The van der Waals surface area contributed by atoms with Gasteiger partial charge in [0.1, 0.15) is 5.69 Å². The van der Waals surface area contributed by atoms with Crippen LogP contribution in [-0.4, -0.2) is 16.9 Å². The molecule has 3 rings (SSSR count). The van der Waals surface area contributed by atoms with Gasteiger partial charge in [-0.25, -0.2) is 4.98 Å². The number of carbonyl (C=O) groups excluding carboxylic acids is 1. The lowest BCUT2D eigenvalue weighted by Gasteiger charge is -2.32. The predicted octanol–water partition coefficient (Wildman–Crippen LogP) is 3.18. The zero-order chi connectivity index (χ0) is 14.7. The average molecular weight is 301 g/mol. The van der Waals surface area contributed by atoms with Gasteiger partial charge in [0.25, 0.3) is 5.91 Å². The molecule has 0 aliphatic heterocycles. The molecule has 2 aromatic rings. The van der Waals surface area contributed by atoms with Gasteiger partial charge in [0.05, 0.1) is 0 Å². The van der Waals surface area contributed by atoms with Crippen LogP contribution in [0, 0.1) is 0 Å². The number of nitrogens with zero attached hydrogens (tertiary/aromatic N) is 1. The van der Waals surface area contributed by atoms with Crippen LogP contribution in [0.5, 0.6) is 0 Å². The molecule has 110 valence electrons. The van der Waals surface area contributed by atoms with E-state index in [4.69, 9.17) is 5.73 Å². The van der Waals surface area contributed by atoms with Crippen molar-refractivity contribution in [1.82, 2.24) is 10.3 Å². The Morgan fingerprint density at radius 2 is 2.00 bits per heavy atom. The van der Waals surface area contributed by atoms with E-state index in [9.17, 15) is 4.79 Å². The fourth-order valence-corrected chi connectivity index (χ4v) is 3.58. The van der Waals surface area contributed by atoms with Crippen molar-refractivity contribution in [2.24, 2.45) is 0 Å². The average Bonchev–Trinajstić information content (AvgIpc) is 2.95. The minimum absolute atomic E-state index is 0.115. The van der Waals surface area contributed by atoms with Crippen LogP contribution in [0.2, 0.25) is 0 Å². The molecule has 21 heavy (non-hydrogen) atoms. The van der Waals surface area contributed by atoms with Gasteiger partial charge in [-0.15, -0.1) is 11.3 Å². The standard InChI is InChI=1S/C16H19N3OS/c17-16-19-14(10-21-16)15(20)18-13-9-5-4-8-12(13)11-6-2-1-3-7-11/h1-3,6-7,10,12-13H,4-5,8-9H2,(H2,17,19)(H,18,20)/t12-,13+/m0/s1. The molecule has 1 aromatic heterocycles. The van der Waals surface area contributed by atoms with E-state index in [1.54, 1.807) is 5.38 Å². The van der Waals surface area contributed by atoms with Crippen LogP contribution < -0.4 is 11.1 Å². The van der Waals surface area contributed by atoms with E-state index in [0.717, 1.165) is 19.3 Å². The summed E-state index contributed by atoms with van der Waals surface area (Å²) in [5.74, 6) is 0.274. The van der Waals surface area contributed by atoms with Crippen molar-refractivity contribution in [3.63, 3.8) is 0 Å². The Labute approximate surface area is 128 Å². The normalized spacial score (nSPS) is 21.9. The van der Waals surface area contributed by atoms with E-state index in [2.05, 4.69) is 34.6 Å². The summed E-state index contributed by atoms with van der Waals surface area (Å²) in [6.07, 6.45) is 4.52. The van der Waals surface area contributed by atoms with Crippen LogP contribution >= 0.6 is 11.3 Å². The number of aromatic nitrogens is 1. The SMILES string of the molecule is Nc1nc(C(=O)N[C@@H]2CCCC[C@H]2c2ccccc2)cs1. The Hall–Kier alpha value is -1.88. The van der Waals surface area contributed by atoms with Crippen molar-refractivity contribution in [2.45, 2.75) is 37.6 Å². The molecule has 0 bridgehead atoms. The molecule has 0 unspecified atom stereocenters. The van der Waals surface area contributed by atoms with E-state index >= 15 is 0 Å². The molecule has 3 N–H and O–H groups in total. The number of nitrogen functional groups attached to an aromatic ring is 1. The Morgan fingerprint density at radius 1 is 1.24 bits per heavy atom. The Balaban J connectivity index is 1.74. The van der Waals surface area contributed by atoms with E-state index in [-0.39, 0.29) is 11.9 Å². The number of anilines is 1. The molecule has 0 radical (unpaired) electrons. The second kappa shape index (κ2) is 6.26. The highest BCUT2D eigenvalue weighted by molar-refractivity contribution is 7.13. The molecule has 5 heteroatoms. The van der Waals surface area contributed by atoms with Gasteiger partial charge in [-0.05, 0) is 18.4 Å². The summed E-state index contributed by atoms with van der Waals surface area (Å²) in [6, 6.07) is 10.6. The number of rotatable bonds is 3. The zero-order valence-corrected chi connectivity index (χ0v) is 12.6. The smallest absolute Gasteiger partial charge is 0.271 e. The number of benzene rings is 1. The summed E-state index contributed by atoms with van der Waals surface area (Å²) in [5, 5.41) is 5.29. The molecule has 0 saturated heterocycles. The summed E-state index contributed by atoms with van der Waals surface area (Å²) in [5.41, 5.74) is 7.33. The quantitative estimate of drug-likeness (QED) is 0.915. The summed E-state index contributed by atoms with van der Waals surface area (Å²) >= 11 is 1.30. The summed E-state index contributed by atoms with van der Waals surface area (Å²) < 4.78 is 0. The fraction of sp³-hybridized carbons (Fsp3) is 0.375. The third-order valence-corrected chi connectivity index (χ3v) is 4.74. The number of thiazole rings is 1. The van der Waals surface area contributed by atoms with Crippen LogP contribution in [0.4, 0.5) is 5.13 Å². The second-order valence-corrected chi connectivity index (χ2v) is 6.34. The van der Waals surface area contributed by atoms with Gasteiger partial charge in [0.15, 0.2) is 5.13 Å². The van der Waals surface area contributed by atoms with E-state index in [1.165, 1.54) is 23.3 Å². The number of nitrogens with one attached hydrogen (secondary N) is 1. The summed E-state index contributed by atoms with van der Waals surface area (Å²) in [4.78, 5) is 16.3. The highest BCUT2D eigenvalue weighted by Crippen LogP contribution is 2.33. The highest BCUT2D eigenvalue weighted by atomic mass is 32.1. The number of nitrogens with two attached hydrogens (primary N) is 1. The van der Waals surface area contributed by atoms with Gasteiger partial charge in [-0.2, -0.15) is 0 Å². The lowest BCUT2D eigenvalue weighted by atomic mass is 9.80. The van der Waals surface area contributed by atoms with Gasteiger partial charge in [-0.3, -0.25) is 4.79 Å². The summed E-state index contributed by atoms with van der Waals surface area (Å²) in [6.45, 7) is 0. The molecule has 2 atom stereocenters. The molecule has 4 nitrogen and oxygen atoms in total. The molecular weight excluding hydrogens is 282 g/mol. The molecule has 1 aliphatic carbocycles. The Kier molecular flexibility index (Phi) is 4.20. The van der Waals surface area contributed by atoms with Crippen molar-refractivity contribution in [3.05, 3.63) is 47.0 Å². The minimum Gasteiger partial charge on any atom is -0.375 e. The van der Waals surface area contributed by atoms with Gasteiger partial charge >= 0.3 is 0 Å². The molecule has 1 amide bonds. The maximum atomic E-state index is 12.3. The van der Waals surface area contributed by atoms with Crippen molar-refractivity contribution in [1.29, 1.82) is 0 Å². The number of hydrogen-bond acceptors (Lipinski definition) is 4. The molecule has 1 saturated carbocycles. The molecule has 0 spiro atoms. The topological polar surface area (TPSA) is 68.0 Å². The van der Waals surface area contributed by atoms with Crippen molar-refractivity contribution < 1.29 is 4.79 Å². The largest absolute Gasteiger partial charge is 0.375 e. The van der Waals surface area contributed by atoms with Crippen molar-refractivity contribution in [2.75, 3.05) is 5.73 Å². The fourth-order valence-electron chi connectivity index (χ4n) is 3.04. The first-order valence-corrected chi connectivity index (χ1v) is 8.19. The predicted molar refractivity (Wildman–Crippen MR) is 85.4 cm³/mol. The highest BCUT2D eigenvalue weighted by Gasteiger charge is 2.28. The van der Waals surface area contributed by atoms with Crippen LogP contribution in [0.25, 0.3) is 0 Å². The number of carbonyl (C=O) groups is 1. The minimum atomic E-state index is -0.115. The third kappa shape index (κ3) is 3.24. The molecule has 1 aliphatic rings. The lowest BCUT2D eigenvalue weighted by Crippen LogP contribution is -2.41. The third-order valence-electron chi connectivity index (χ3n) is 4.06. The Bertz CT molecular complexity index is 611. The van der Waals surface area contributed by atoms with Gasteiger partial charge in [-0.1, -0.05) is 43.2 Å². The van der Waals surface area contributed by atoms with E-state index in [1.807, 2.05) is 6.07 Å². The van der Waals surface area contributed by atoms with Crippen molar-refractivity contribution >= 4 is 22.4 Å². The van der Waals surface area contributed by atoms with Crippen LogP contribution in [-0.2, 0) is 0 Å². The van der Waals surface area contributed by atoms with Crippen molar-refractivity contribution in [3.8, 4) is 0 Å². The second-order valence-electron chi connectivity index (χ2n) is 5.45. The summed E-state index contributed by atoms with van der Waals surface area (Å²) in [7, 11) is 0. The first-order valence-electron chi connectivity index (χ1n) is 7.31. The van der Waals surface area contributed by atoms with Crippen LogP contribution in [0.15, 0.2) is 35.7 Å². The van der Waals surface area contributed by atoms with E-state index < -0.39 is 0 Å². The first-order chi connectivity index (χ1) is 10.2. The van der Waals surface area contributed by atoms with E-state index in [0.29, 0.717) is 16.7 Å². The maximum Gasteiger partial charge on any atom is 0.271 e. The molecule has 1 heterocycles. The number of hydrogen-bond donors (Lipinski definition) is 2. The van der Waals surface area contributed by atoms with Crippen LogP contribution in [0.3, 0.4) is 0 Å². The lowest BCUT2D eigenvalue weighted by molar-refractivity contribution is 0.0916. The Morgan fingerprint density at radius 3 is 2.71 bits per heavy atom. The van der Waals surface area contributed by atoms with Gasteiger partial charge < -0.3 is 11.1 Å². The molecule has 1 fully saturated rings. The first kappa shape index (κ1) is 14.1. The maximum absolute atomic E-state index is 12.3. The van der Waals surface area contributed by atoms with Gasteiger partial charge in [0, 0.05) is 17.3 Å². The zero-order valence-electron chi connectivity index (χ0n) is 11.8. The monoisotopic (exact) mass is 301 g/mol.